The van der Waals surface area contributed by atoms with Crippen LogP contribution in [0, 0.1) is 0 Å². The molecule has 2 saturated heterocycles. The number of hydrogen-bond acceptors (Lipinski definition) is 7. The molecule has 0 radical (unpaired) electrons. The fourth-order valence-corrected chi connectivity index (χ4v) is 9.64. The van der Waals surface area contributed by atoms with Crippen LogP contribution < -0.4 is 5.32 Å². The Morgan fingerprint density at radius 1 is 1.28 bits per heavy atom. The monoisotopic (exact) mass is 406 g/mol. The van der Waals surface area contributed by atoms with Crippen molar-refractivity contribution < 1.29 is 16.8 Å². The van der Waals surface area contributed by atoms with Gasteiger partial charge in [-0.1, -0.05) is 6.07 Å². The standard InChI is InChI=1S/C16H26N2O4S3/c1-16(2,18-7-3-4-8-18)12-17-13-10-24(19,20)11-14(13)25(21,22)15-6-5-9-23-15/h5-6,9,13-14,17H,3-4,7-8,10-12H2,1-2H3/t13-,14-/m0/s1. The maximum atomic E-state index is 12.9. The number of rotatable bonds is 6. The third-order valence-corrected chi connectivity index (χ3v) is 10.8. The average Bonchev–Trinajstić information content (AvgIpc) is 3.26. The number of thiophene rings is 1. The van der Waals surface area contributed by atoms with Crippen LogP contribution in [0.5, 0.6) is 0 Å². The molecule has 0 aliphatic carbocycles. The van der Waals surface area contributed by atoms with Crippen LogP contribution in [0.1, 0.15) is 26.7 Å². The minimum absolute atomic E-state index is 0.113. The maximum Gasteiger partial charge on any atom is 0.193 e. The van der Waals surface area contributed by atoms with Crippen LogP contribution in [0.15, 0.2) is 21.7 Å². The van der Waals surface area contributed by atoms with Crippen molar-refractivity contribution in [1.82, 2.24) is 10.2 Å². The first-order valence-corrected chi connectivity index (χ1v) is 12.8. The summed E-state index contributed by atoms with van der Waals surface area (Å²) in [7, 11) is -7.00. The number of hydrogen-bond donors (Lipinski definition) is 1. The zero-order valence-corrected chi connectivity index (χ0v) is 17.1. The number of sulfone groups is 2. The zero-order valence-electron chi connectivity index (χ0n) is 14.6. The molecule has 2 fully saturated rings. The molecule has 0 aromatic carbocycles. The molecule has 2 aliphatic rings. The van der Waals surface area contributed by atoms with E-state index < -0.39 is 31.0 Å². The highest BCUT2D eigenvalue weighted by Crippen LogP contribution is 2.29. The zero-order chi connectivity index (χ0) is 18.3. The van der Waals surface area contributed by atoms with Crippen LogP contribution in [0.3, 0.4) is 0 Å². The van der Waals surface area contributed by atoms with Crippen LogP contribution in [-0.2, 0) is 19.7 Å². The SMILES string of the molecule is CC(C)(CN[C@H]1CS(=O)(=O)C[C@@H]1S(=O)(=O)c1cccs1)N1CCCC1. The van der Waals surface area contributed by atoms with E-state index in [4.69, 9.17) is 0 Å². The molecule has 3 heterocycles. The fourth-order valence-electron chi connectivity index (χ4n) is 3.70. The minimum atomic E-state index is -3.64. The van der Waals surface area contributed by atoms with Gasteiger partial charge in [0.15, 0.2) is 19.7 Å². The molecule has 6 nitrogen and oxygen atoms in total. The molecule has 1 aromatic rings. The topological polar surface area (TPSA) is 83.5 Å². The Balaban J connectivity index is 1.76. The van der Waals surface area contributed by atoms with E-state index in [0.29, 0.717) is 6.54 Å². The van der Waals surface area contributed by atoms with E-state index in [1.807, 2.05) is 0 Å². The largest absolute Gasteiger partial charge is 0.310 e. The molecule has 1 aromatic heterocycles. The maximum absolute atomic E-state index is 12.9. The van der Waals surface area contributed by atoms with E-state index in [1.54, 1.807) is 17.5 Å². The Bertz CT molecular complexity index is 794. The quantitative estimate of drug-likeness (QED) is 0.763. The molecule has 3 rings (SSSR count). The highest BCUT2D eigenvalue weighted by atomic mass is 32.2. The van der Waals surface area contributed by atoms with Crippen molar-refractivity contribution in [1.29, 1.82) is 0 Å². The predicted octanol–water partition coefficient (Wildman–Crippen LogP) is 1.15. The number of nitrogens with one attached hydrogen (secondary N) is 1. The van der Waals surface area contributed by atoms with E-state index in [9.17, 15) is 16.8 Å². The predicted molar refractivity (Wildman–Crippen MR) is 101 cm³/mol. The molecule has 2 aliphatic heterocycles. The first kappa shape index (κ1) is 19.3. The molecule has 0 saturated carbocycles. The van der Waals surface area contributed by atoms with Gasteiger partial charge in [-0.2, -0.15) is 0 Å². The average molecular weight is 407 g/mol. The molecule has 25 heavy (non-hydrogen) atoms. The molecule has 9 heteroatoms. The summed E-state index contributed by atoms with van der Waals surface area (Å²) in [6, 6.07) is 2.68. The second-order valence-corrected chi connectivity index (χ2v) is 13.1. The van der Waals surface area contributed by atoms with Crippen molar-refractivity contribution in [3.05, 3.63) is 17.5 Å². The van der Waals surface area contributed by atoms with Gasteiger partial charge in [-0.3, -0.25) is 4.90 Å². The molecule has 0 amide bonds. The summed E-state index contributed by atoms with van der Waals surface area (Å²) in [5.74, 6) is -0.409. The highest BCUT2D eigenvalue weighted by Gasteiger charge is 2.46. The summed E-state index contributed by atoms with van der Waals surface area (Å²) in [5.41, 5.74) is -0.125. The summed E-state index contributed by atoms with van der Waals surface area (Å²) in [6.07, 6.45) is 2.35. The van der Waals surface area contributed by atoms with Crippen molar-refractivity contribution in [2.24, 2.45) is 0 Å². The van der Waals surface area contributed by atoms with E-state index in [0.717, 1.165) is 24.4 Å². The Morgan fingerprint density at radius 3 is 2.56 bits per heavy atom. The second kappa shape index (κ2) is 6.92. The van der Waals surface area contributed by atoms with E-state index in [-0.39, 0.29) is 21.3 Å². The van der Waals surface area contributed by atoms with Crippen LogP contribution in [0.2, 0.25) is 0 Å². The lowest BCUT2D eigenvalue weighted by Gasteiger charge is -2.37. The van der Waals surface area contributed by atoms with Gasteiger partial charge < -0.3 is 5.32 Å². The molecule has 0 bridgehead atoms. The van der Waals surface area contributed by atoms with E-state index in [2.05, 4.69) is 24.1 Å². The van der Waals surface area contributed by atoms with Crippen molar-refractivity contribution in [3.8, 4) is 0 Å². The van der Waals surface area contributed by atoms with Crippen molar-refractivity contribution in [2.75, 3.05) is 31.1 Å². The van der Waals surface area contributed by atoms with Gasteiger partial charge in [0.2, 0.25) is 0 Å². The molecule has 142 valence electrons. The molecule has 2 atom stereocenters. The fraction of sp³-hybridized carbons (Fsp3) is 0.750. The number of likely N-dealkylation sites (tertiary alicyclic amines) is 1. The van der Waals surface area contributed by atoms with Gasteiger partial charge in [0.1, 0.15) is 4.21 Å². The Kier molecular flexibility index (Phi) is 5.34. The van der Waals surface area contributed by atoms with Gasteiger partial charge >= 0.3 is 0 Å². The van der Waals surface area contributed by atoms with Gasteiger partial charge in [0.25, 0.3) is 0 Å². The molecule has 0 unspecified atom stereocenters. The van der Waals surface area contributed by atoms with Gasteiger partial charge in [-0.15, -0.1) is 11.3 Å². The third-order valence-electron chi connectivity index (χ3n) is 5.23. The molecule has 0 spiro atoms. The minimum Gasteiger partial charge on any atom is -0.310 e. The summed E-state index contributed by atoms with van der Waals surface area (Å²) >= 11 is 1.14. The van der Waals surface area contributed by atoms with E-state index in [1.165, 1.54) is 12.8 Å². The van der Waals surface area contributed by atoms with Crippen molar-refractivity contribution >= 4 is 31.0 Å². The Hall–Kier alpha value is -0.480. The molecular formula is C16H26N2O4S3. The van der Waals surface area contributed by atoms with Crippen molar-refractivity contribution in [3.63, 3.8) is 0 Å². The van der Waals surface area contributed by atoms with Gasteiger partial charge in [-0.05, 0) is 51.2 Å². The lowest BCUT2D eigenvalue weighted by Crippen LogP contribution is -2.54. The highest BCUT2D eigenvalue weighted by molar-refractivity contribution is 7.97. The van der Waals surface area contributed by atoms with Crippen LogP contribution in [0.25, 0.3) is 0 Å². The van der Waals surface area contributed by atoms with Gasteiger partial charge in [0.05, 0.1) is 16.8 Å². The summed E-state index contributed by atoms with van der Waals surface area (Å²) in [5, 5.41) is 4.07. The second-order valence-electron chi connectivity index (χ2n) is 7.59. The molecular weight excluding hydrogens is 380 g/mol. The van der Waals surface area contributed by atoms with Gasteiger partial charge in [0, 0.05) is 18.1 Å². The Morgan fingerprint density at radius 2 is 1.96 bits per heavy atom. The van der Waals surface area contributed by atoms with Crippen LogP contribution in [0.4, 0.5) is 0 Å². The lowest BCUT2D eigenvalue weighted by molar-refractivity contribution is 0.148. The summed E-state index contributed by atoms with van der Waals surface area (Å²) in [4.78, 5) is 2.38. The van der Waals surface area contributed by atoms with Crippen molar-refractivity contribution in [2.45, 2.75) is 47.7 Å². The molecule has 1 N–H and O–H groups in total. The van der Waals surface area contributed by atoms with Crippen LogP contribution in [-0.4, -0.2) is 69.7 Å². The van der Waals surface area contributed by atoms with Gasteiger partial charge in [-0.25, -0.2) is 16.8 Å². The smallest absolute Gasteiger partial charge is 0.193 e. The van der Waals surface area contributed by atoms with Crippen LogP contribution >= 0.6 is 11.3 Å². The first-order valence-electron chi connectivity index (χ1n) is 8.58. The van der Waals surface area contributed by atoms with E-state index >= 15 is 0 Å². The summed E-state index contributed by atoms with van der Waals surface area (Å²) < 4.78 is 50.3. The number of nitrogens with zero attached hydrogens (tertiary/aromatic N) is 1. The third kappa shape index (κ3) is 4.10. The normalized spacial score (nSPS) is 27.8. The Labute approximate surface area is 154 Å². The lowest BCUT2D eigenvalue weighted by atomic mass is 10.0. The first-order chi connectivity index (χ1) is 11.6. The summed E-state index contributed by atoms with van der Waals surface area (Å²) in [6.45, 7) is 6.89.